The number of H-pyrrole nitrogens is 1. The van der Waals surface area contributed by atoms with Crippen LogP contribution >= 0.6 is 0 Å². The van der Waals surface area contributed by atoms with Crippen molar-refractivity contribution < 1.29 is 0 Å². The molecule has 1 aliphatic carbocycles. The molecule has 5 heteroatoms. The van der Waals surface area contributed by atoms with E-state index in [0.717, 1.165) is 35.5 Å². The van der Waals surface area contributed by atoms with Gasteiger partial charge in [-0.25, -0.2) is 4.68 Å². The van der Waals surface area contributed by atoms with Gasteiger partial charge in [0.1, 0.15) is 5.82 Å². The molecule has 1 aliphatic rings. The molecule has 0 aromatic carbocycles. The number of nitrogens with one attached hydrogen (secondary N) is 1. The van der Waals surface area contributed by atoms with Gasteiger partial charge in [0.2, 0.25) is 0 Å². The fourth-order valence-electron chi connectivity index (χ4n) is 2.50. The molecular formula is C12H19N5. The summed E-state index contributed by atoms with van der Waals surface area (Å²) in [4.78, 5) is 0. The first-order valence-corrected chi connectivity index (χ1v) is 6.43. The number of aromatic nitrogens is 4. The fraction of sp³-hybridized carbons (Fsp3) is 0.667. The zero-order chi connectivity index (χ0) is 12.0. The summed E-state index contributed by atoms with van der Waals surface area (Å²) in [5.74, 6) is 1.42. The van der Waals surface area contributed by atoms with Gasteiger partial charge in [-0.2, -0.15) is 10.2 Å². The van der Waals surface area contributed by atoms with Gasteiger partial charge in [0.15, 0.2) is 5.65 Å². The van der Waals surface area contributed by atoms with E-state index in [4.69, 9.17) is 10.8 Å². The summed E-state index contributed by atoms with van der Waals surface area (Å²) in [5.41, 5.74) is 7.95. The molecule has 2 aromatic heterocycles. The summed E-state index contributed by atoms with van der Waals surface area (Å²) in [6.07, 6.45) is 4.66. The van der Waals surface area contributed by atoms with Crippen LogP contribution in [-0.2, 0) is 6.42 Å². The normalized spacial score (nSPS) is 17.8. The zero-order valence-corrected chi connectivity index (χ0v) is 10.4. The van der Waals surface area contributed by atoms with Crippen LogP contribution in [0.4, 0.5) is 5.82 Å². The van der Waals surface area contributed by atoms with Gasteiger partial charge in [0, 0.05) is 0 Å². The molecule has 0 saturated heterocycles. The van der Waals surface area contributed by atoms with Crippen molar-refractivity contribution in [2.24, 2.45) is 5.92 Å². The van der Waals surface area contributed by atoms with E-state index in [9.17, 15) is 0 Å². The monoisotopic (exact) mass is 233 g/mol. The molecule has 3 rings (SSSR count). The van der Waals surface area contributed by atoms with Gasteiger partial charge >= 0.3 is 0 Å². The van der Waals surface area contributed by atoms with E-state index in [-0.39, 0.29) is 0 Å². The Morgan fingerprint density at radius 1 is 1.53 bits per heavy atom. The summed E-state index contributed by atoms with van der Waals surface area (Å²) in [7, 11) is 0. The van der Waals surface area contributed by atoms with Crippen molar-refractivity contribution >= 4 is 16.9 Å². The first kappa shape index (κ1) is 10.6. The number of aromatic amines is 1. The second-order valence-corrected chi connectivity index (χ2v) is 5.06. The Hall–Kier alpha value is -1.52. The smallest absolute Gasteiger partial charge is 0.182 e. The Morgan fingerprint density at radius 3 is 2.94 bits per heavy atom. The van der Waals surface area contributed by atoms with E-state index in [1.165, 1.54) is 12.8 Å². The largest absolute Gasteiger partial charge is 0.383 e. The number of nitrogens with two attached hydrogens (primary N) is 1. The second kappa shape index (κ2) is 3.75. The molecular weight excluding hydrogens is 214 g/mol. The quantitative estimate of drug-likeness (QED) is 0.850. The highest BCUT2D eigenvalue weighted by Gasteiger charge is 2.32. The van der Waals surface area contributed by atoms with E-state index >= 15 is 0 Å². The average molecular weight is 233 g/mol. The molecule has 0 aliphatic heterocycles. The third-order valence-electron chi connectivity index (χ3n) is 3.69. The zero-order valence-electron chi connectivity index (χ0n) is 10.4. The van der Waals surface area contributed by atoms with Crippen LogP contribution in [0.5, 0.6) is 0 Å². The molecule has 3 N–H and O–H groups in total. The van der Waals surface area contributed by atoms with Crippen LogP contribution in [0, 0.1) is 5.92 Å². The van der Waals surface area contributed by atoms with Gasteiger partial charge < -0.3 is 5.73 Å². The van der Waals surface area contributed by atoms with Crippen LogP contribution in [0.2, 0.25) is 0 Å². The maximum absolute atomic E-state index is 5.94. The maximum atomic E-state index is 5.94. The summed E-state index contributed by atoms with van der Waals surface area (Å²) in [6.45, 7) is 4.39. The molecule has 1 fully saturated rings. The third kappa shape index (κ3) is 1.61. The molecule has 0 spiro atoms. The average Bonchev–Trinajstić information content (AvgIpc) is 3.00. The van der Waals surface area contributed by atoms with Crippen molar-refractivity contribution in [1.29, 1.82) is 0 Å². The van der Waals surface area contributed by atoms with Crippen LogP contribution < -0.4 is 5.73 Å². The van der Waals surface area contributed by atoms with E-state index in [0.29, 0.717) is 11.9 Å². The SMILES string of the molecule is CCCc1nn(C(C)C2CC2)c2n[nH]c(N)c12. The van der Waals surface area contributed by atoms with Crippen molar-refractivity contribution in [3.05, 3.63) is 5.69 Å². The number of aryl methyl sites for hydroxylation is 1. The van der Waals surface area contributed by atoms with E-state index in [2.05, 4.69) is 28.7 Å². The van der Waals surface area contributed by atoms with Crippen molar-refractivity contribution in [3.63, 3.8) is 0 Å². The Bertz CT molecular complexity index is 534. The summed E-state index contributed by atoms with van der Waals surface area (Å²) >= 11 is 0. The van der Waals surface area contributed by atoms with Gasteiger partial charge in [0.05, 0.1) is 17.1 Å². The van der Waals surface area contributed by atoms with Gasteiger partial charge in [0.25, 0.3) is 0 Å². The highest BCUT2D eigenvalue weighted by Crippen LogP contribution is 2.40. The molecule has 92 valence electrons. The lowest BCUT2D eigenvalue weighted by molar-refractivity contribution is 0.446. The second-order valence-electron chi connectivity index (χ2n) is 5.06. The van der Waals surface area contributed by atoms with E-state index < -0.39 is 0 Å². The van der Waals surface area contributed by atoms with Crippen LogP contribution in [0.15, 0.2) is 0 Å². The number of hydrogen-bond acceptors (Lipinski definition) is 3. The van der Waals surface area contributed by atoms with Gasteiger partial charge in [-0.1, -0.05) is 13.3 Å². The lowest BCUT2D eigenvalue weighted by Crippen LogP contribution is -2.09. The fourth-order valence-corrected chi connectivity index (χ4v) is 2.50. The standard InChI is InChI=1S/C12H19N5/c1-3-4-9-10-11(13)14-15-12(10)17(16-9)7(2)8-5-6-8/h7-8H,3-6H2,1-2H3,(H3,13,14,15). The first-order chi connectivity index (χ1) is 8.22. The third-order valence-corrected chi connectivity index (χ3v) is 3.69. The molecule has 0 bridgehead atoms. The number of nitrogen functional groups attached to an aromatic ring is 1. The molecule has 1 saturated carbocycles. The number of anilines is 1. The highest BCUT2D eigenvalue weighted by atomic mass is 15.4. The predicted molar refractivity (Wildman–Crippen MR) is 67.7 cm³/mol. The molecule has 0 radical (unpaired) electrons. The lowest BCUT2D eigenvalue weighted by atomic mass is 10.2. The molecule has 17 heavy (non-hydrogen) atoms. The Kier molecular flexibility index (Phi) is 2.34. The predicted octanol–water partition coefficient (Wildman–Crippen LogP) is 2.27. The number of nitrogens with zero attached hydrogens (tertiary/aromatic N) is 3. The highest BCUT2D eigenvalue weighted by molar-refractivity contribution is 5.89. The van der Waals surface area contributed by atoms with Crippen molar-refractivity contribution in [3.8, 4) is 0 Å². The Labute approximate surface area is 100 Å². The van der Waals surface area contributed by atoms with Gasteiger partial charge in [-0.15, -0.1) is 0 Å². The lowest BCUT2D eigenvalue weighted by Gasteiger charge is -2.10. The van der Waals surface area contributed by atoms with Crippen LogP contribution in [0.25, 0.3) is 11.0 Å². The topological polar surface area (TPSA) is 72.5 Å². The minimum absolute atomic E-state index is 0.436. The van der Waals surface area contributed by atoms with E-state index in [1.54, 1.807) is 0 Å². The van der Waals surface area contributed by atoms with E-state index in [1.807, 2.05) is 0 Å². The van der Waals surface area contributed by atoms with Crippen molar-refractivity contribution in [1.82, 2.24) is 20.0 Å². The van der Waals surface area contributed by atoms with Crippen LogP contribution in [0.1, 0.15) is 44.8 Å². The van der Waals surface area contributed by atoms with Crippen molar-refractivity contribution in [2.45, 2.75) is 45.6 Å². The molecule has 5 nitrogen and oxygen atoms in total. The summed E-state index contributed by atoms with van der Waals surface area (Å²) < 4.78 is 2.06. The molecule has 1 unspecified atom stereocenters. The number of rotatable bonds is 4. The molecule has 0 amide bonds. The van der Waals surface area contributed by atoms with Crippen LogP contribution in [-0.4, -0.2) is 20.0 Å². The number of fused-ring (bicyclic) bond motifs is 1. The molecule has 2 heterocycles. The van der Waals surface area contributed by atoms with Crippen LogP contribution in [0.3, 0.4) is 0 Å². The van der Waals surface area contributed by atoms with Gasteiger partial charge in [-0.3, -0.25) is 5.10 Å². The maximum Gasteiger partial charge on any atom is 0.182 e. The first-order valence-electron chi connectivity index (χ1n) is 6.43. The molecule has 2 aromatic rings. The molecule has 1 atom stereocenters. The summed E-state index contributed by atoms with van der Waals surface area (Å²) in [6, 6.07) is 0.436. The Morgan fingerprint density at radius 2 is 2.29 bits per heavy atom. The minimum atomic E-state index is 0.436. The van der Waals surface area contributed by atoms with Crippen molar-refractivity contribution in [2.75, 3.05) is 5.73 Å². The Balaban J connectivity index is 2.11. The van der Waals surface area contributed by atoms with Gasteiger partial charge in [-0.05, 0) is 32.1 Å². The summed E-state index contributed by atoms with van der Waals surface area (Å²) in [5, 5.41) is 12.9. The minimum Gasteiger partial charge on any atom is -0.383 e. The number of hydrogen-bond donors (Lipinski definition) is 2.